The van der Waals surface area contributed by atoms with Gasteiger partial charge in [0.25, 0.3) is 0 Å². The number of nitrogens with two attached hydrogens (primary N) is 1. The number of ketones is 1. The van der Waals surface area contributed by atoms with Gasteiger partial charge in [-0.3, -0.25) is 4.79 Å². The number of hydrogen-bond acceptors (Lipinski definition) is 5. The summed E-state index contributed by atoms with van der Waals surface area (Å²) in [4.78, 5) is 24.3. The Bertz CT molecular complexity index is 970. The largest absolute Gasteiger partial charge is 0.454 e. The van der Waals surface area contributed by atoms with E-state index in [-0.39, 0.29) is 22.0 Å². The molecule has 132 valence electrons. The first kappa shape index (κ1) is 17.6. The fourth-order valence-corrected chi connectivity index (χ4v) is 2.52. The smallest absolute Gasteiger partial charge is 0.344 e. The predicted octanol–water partition coefficient (Wildman–Crippen LogP) is 3.29. The number of esters is 1. The molecule has 0 bridgehead atoms. The molecule has 0 aliphatic heterocycles. The van der Waals surface area contributed by atoms with Crippen molar-refractivity contribution in [1.29, 1.82) is 0 Å². The number of ether oxygens (including phenoxy) is 1. The molecule has 0 saturated heterocycles. The van der Waals surface area contributed by atoms with Crippen molar-refractivity contribution < 1.29 is 18.7 Å². The lowest BCUT2D eigenvalue weighted by atomic mass is 10.1. The number of carbonyl (C=O) groups is 2. The highest BCUT2D eigenvalue weighted by Gasteiger charge is 2.19. The van der Waals surface area contributed by atoms with Gasteiger partial charge in [0.15, 0.2) is 6.61 Å². The molecule has 8 heteroatoms. The van der Waals surface area contributed by atoms with Crippen molar-refractivity contribution in [2.24, 2.45) is 0 Å². The summed E-state index contributed by atoms with van der Waals surface area (Å²) in [6.45, 7) is -0.482. The molecular weight excluding hydrogens is 361 g/mol. The second-order valence-electron chi connectivity index (χ2n) is 5.31. The maximum absolute atomic E-state index is 13.0. The first-order valence-electron chi connectivity index (χ1n) is 7.51. The normalized spacial score (nSPS) is 10.5. The average Bonchev–Trinajstić information content (AvgIpc) is 3.02. The third kappa shape index (κ3) is 3.57. The van der Waals surface area contributed by atoms with E-state index >= 15 is 0 Å². The zero-order chi connectivity index (χ0) is 18.7. The van der Waals surface area contributed by atoms with Crippen LogP contribution < -0.4 is 5.73 Å². The van der Waals surface area contributed by atoms with Gasteiger partial charge < -0.3 is 10.5 Å². The minimum atomic E-state index is -0.795. The Morgan fingerprint density at radius 3 is 2.50 bits per heavy atom. The number of nitrogen functional groups attached to an aromatic ring is 1. The van der Waals surface area contributed by atoms with E-state index in [1.807, 2.05) is 0 Å². The first-order chi connectivity index (χ1) is 12.5. The van der Waals surface area contributed by atoms with Crippen molar-refractivity contribution in [2.75, 3.05) is 12.3 Å². The van der Waals surface area contributed by atoms with Crippen molar-refractivity contribution >= 4 is 29.2 Å². The van der Waals surface area contributed by atoms with Gasteiger partial charge >= 0.3 is 5.97 Å². The van der Waals surface area contributed by atoms with Gasteiger partial charge in [0.05, 0.1) is 16.9 Å². The number of rotatable bonds is 5. The Kier molecular flexibility index (Phi) is 4.99. The maximum Gasteiger partial charge on any atom is 0.344 e. The van der Waals surface area contributed by atoms with E-state index in [9.17, 15) is 14.0 Å². The molecule has 0 saturated carbocycles. The number of aromatic nitrogens is 2. The SMILES string of the molecule is Nc1c(C(=O)OCC(=O)c2ccccc2Cl)cnn1-c1ccc(F)cc1. The Labute approximate surface area is 152 Å². The molecule has 1 heterocycles. The van der Waals surface area contributed by atoms with Gasteiger partial charge in [-0.05, 0) is 36.4 Å². The minimum absolute atomic E-state index is 0.00119. The van der Waals surface area contributed by atoms with Crippen LogP contribution in [0.3, 0.4) is 0 Å². The van der Waals surface area contributed by atoms with Crippen LogP contribution in [0, 0.1) is 5.82 Å². The van der Waals surface area contributed by atoms with Gasteiger partial charge in [0.1, 0.15) is 17.2 Å². The predicted molar refractivity (Wildman–Crippen MR) is 94.0 cm³/mol. The maximum atomic E-state index is 13.0. The Morgan fingerprint density at radius 2 is 1.81 bits per heavy atom. The van der Waals surface area contributed by atoms with E-state index < -0.39 is 24.2 Å². The molecule has 26 heavy (non-hydrogen) atoms. The molecule has 1 aromatic heterocycles. The standard InChI is InChI=1S/C18H13ClFN3O3/c19-15-4-2-1-3-13(15)16(24)10-26-18(25)14-9-22-23(17(14)21)12-7-5-11(20)6-8-12/h1-9H,10,21H2. The fraction of sp³-hybridized carbons (Fsp3) is 0.0556. The Balaban J connectivity index is 1.72. The van der Waals surface area contributed by atoms with Gasteiger partial charge in [0, 0.05) is 5.56 Å². The second kappa shape index (κ2) is 7.37. The summed E-state index contributed by atoms with van der Waals surface area (Å²) in [6, 6.07) is 11.9. The molecular formula is C18H13ClFN3O3. The van der Waals surface area contributed by atoms with Crippen LogP contribution in [0.2, 0.25) is 5.02 Å². The summed E-state index contributed by atoms with van der Waals surface area (Å²) in [5, 5.41) is 4.27. The summed E-state index contributed by atoms with van der Waals surface area (Å²) in [5.41, 5.74) is 6.66. The van der Waals surface area contributed by atoms with E-state index in [4.69, 9.17) is 22.1 Å². The van der Waals surface area contributed by atoms with Crippen molar-refractivity contribution in [2.45, 2.75) is 0 Å². The van der Waals surface area contributed by atoms with Crippen LogP contribution >= 0.6 is 11.6 Å². The monoisotopic (exact) mass is 373 g/mol. The molecule has 2 aromatic carbocycles. The van der Waals surface area contributed by atoms with Crippen molar-refractivity contribution in [3.8, 4) is 5.69 Å². The molecule has 0 radical (unpaired) electrons. The van der Waals surface area contributed by atoms with Crippen molar-refractivity contribution in [3.05, 3.63) is 76.7 Å². The molecule has 0 unspecified atom stereocenters. The van der Waals surface area contributed by atoms with Crippen LogP contribution in [-0.4, -0.2) is 28.1 Å². The highest BCUT2D eigenvalue weighted by Crippen LogP contribution is 2.19. The van der Waals surface area contributed by atoms with Crippen molar-refractivity contribution in [1.82, 2.24) is 9.78 Å². The molecule has 0 spiro atoms. The number of benzene rings is 2. The third-order valence-corrected chi connectivity index (χ3v) is 3.94. The van der Waals surface area contributed by atoms with Gasteiger partial charge in [-0.2, -0.15) is 5.10 Å². The molecule has 0 amide bonds. The molecule has 3 aromatic rings. The minimum Gasteiger partial charge on any atom is -0.454 e. The van der Waals surface area contributed by atoms with E-state index in [1.165, 1.54) is 35.1 Å². The highest BCUT2D eigenvalue weighted by atomic mass is 35.5. The second-order valence-corrected chi connectivity index (χ2v) is 5.72. The highest BCUT2D eigenvalue weighted by molar-refractivity contribution is 6.34. The average molecular weight is 374 g/mol. The summed E-state index contributed by atoms with van der Waals surface area (Å²) >= 11 is 5.94. The Morgan fingerprint density at radius 1 is 1.12 bits per heavy atom. The van der Waals surface area contributed by atoms with Crippen LogP contribution in [0.5, 0.6) is 0 Å². The number of nitrogens with zero attached hydrogens (tertiary/aromatic N) is 2. The third-order valence-electron chi connectivity index (χ3n) is 3.61. The lowest BCUT2D eigenvalue weighted by Gasteiger charge is -2.06. The number of hydrogen-bond donors (Lipinski definition) is 1. The van der Waals surface area contributed by atoms with Crippen LogP contribution in [0.25, 0.3) is 5.69 Å². The van der Waals surface area contributed by atoms with Crippen LogP contribution in [0.1, 0.15) is 20.7 Å². The number of Topliss-reactive ketones (excluding diaryl/α,β-unsaturated/α-hetero) is 1. The topological polar surface area (TPSA) is 87.2 Å². The van der Waals surface area contributed by atoms with Gasteiger partial charge in [0.2, 0.25) is 5.78 Å². The number of anilines is 1. The zero-order valence-electron chi connectivity index (χ0n) is 13.4. The van der Waals surface area contributed by atoms with Crippen LogP contribution in [0.4, 0.5) is 10.2 Å². The molecule has 0 aliphatic rings. The van der Waals surface area contributed by atoms with Crippen LogP contribution in [-0.2, 0) is 4.74 Å². The summed E-state index contributed by atoms with van der Waals surface area (Å²) in [6.07, 6.45) is 1.22. The summed E-state index contributed by atoms with van der Waals surface area (Å²) in [7, 11) is 0. The fourth-order valence-electron chi connectivity index (χ4n) is 2.28. The number of halogens is 2. The van der Waals surface area contributed by atoms with E-state index in [0.29, 0.717) is 5.69 Å². The summed E-state index contributed by atoms with van der Waals surface area (Å²) < 4.78 is 19.3. The lowest BCUT2D eigenvalue weighted by molar-refractivity contribution is 0.0476. The zero-order valence-corrected chi connectivity index (χ0v) is 14.1. The van der Waals surface area contributed by atoms with Gasteiger partial charge in [-0.15, -0.1) is 0 Å². The molecule has 2 N–H and O–H groups in total. The lowest BCUT2D eigenvalue weighted by Crippen LogP contribution is -2.15. The van der Waals surface area contributed by atoms with Crippen molar-refractivity contribution in [3.63, 3.8) is 0 Å². The van der Waals surface area contributed by atoms with E-state index in [2.05, 4.69) is 5.10 Å². The summed E-state index contributed by atoms with van der Waals surface area (Å²) in [5.74, 6) is -1.62. The molecule has 0 aliphatic carbocycles. The quantitative estimate of drug-likeness (QED) is 0.547. The molecule has 3 rings (SSSR count). The molecule has 0 fully saturated rings. The van der Waals surface area contributed by atoms with E-state index in [0.717, 1.165) is 0 Å². The van der Waals surface area contributed by atoms with Crippen LogP contribution in [0.15, 0.2) is 54.7 Å². The van der Waals surface area contributed by atoms with Gasteiger partial charge in [-0.1, -0.05) is 23.7 Å². The first-order valence-corrected chi connectivity index (χ1v) is 7.89. The number of carbonyl (C=O) groups excluding carboxylic acids is 2. The van der Waals surface area contributed by atoms with E-state index in [1.54, 1.807) is 24.3 Å². The van der Waals surface area contributed by atoms with Gasteiger partial charge in [-0.25, -0.2) is 13.9 Å². The Hall–Kier alpha value is -3.19. The molecule has 0 atom stereocenters. The molecule has 6 nitrogen and oxygen atoms in total.